The second kappa shape index (κ2) is 9.94. The number of anilines is 1. The summed E-state index contributed by atoms with van der Waals surface area (Å²) in [6, 6.07) is 1.12. The second-order valence-corrected chi connectivity index (χ2v) is 7.01. The van der Waals surface area contributed by atoms with Gasteiger partial charge in [-0.2, -0.15) is 5.10 Å². The number of aryl methyl sites for hydroxylation is 2. The first-order valence-corrected chi connectivity index (χ1v) is 8.70. The van der Waals surface area contributed by atoms with Crippen LogP contribution >= 0.6 is 35.6 Å². The largest absolute Gasteiger partial charge is 0.494 e. The van der Waals surface area contributed by atoms with E-state index in [0.29, 0.717) is 17.1 Å². The average molecular weight is 435 g/mol. The van der Waals surface area contributed by atoms with Crippen LogP contribution in [-0.2, 0) is 4.79 Å². The molecule has 2 heterocycles. The predicted molar refractivity (Wildman–Crippen MR) is 111 cm³/mol. The van der Waals surface area contributed by atoms with Crippen molar-refractivity contribution in [1.82, 2.24) is 15.2 Å². The number of carbonyl (C=O) groups is 1. The highest BCUT2D eigenvalue weighted by Gasteiger charge is 2.19. The zero-order valence-electron chi connectivity index (χ0n) is 15.2. The fraction of sp³-hybridized carbons (Fsp3) is 0.353. The number of rotatable bonds is 7. The van der Waals surface area contributed by atoms with E-state index in [0.717, 1.165) is 17.0 Å². The van der Waals surface area contributed by atoms with Crippen LogP contribution in [0.5, 0.6) is 5.75 Å². The minimum Gasteiger partial charge on any atom is -0.494 e. The molecule has 0 aliphatic rings. The van der Waals surface area contributed by atoms with Gasteiger partial charge in [0.15, 0.2) is 0 Å². The van der Waals surface area contributed by atoms with Gasteiger partial charge in [0.1, 0.15) is 16.3 Å². The molecule has 27 heavy (non-hydrogen) atoms. The zero-order valence-corrected chi connectivity index (χ0v) is 17.5. The summed E-state index contributed by atoms with van der Waals surface area (Å²) in [7, 11) is 1.54. The van der Waals surface area contributed by atoms with Crippen molar-refractivity contribution in [1.29, 1.82) is 0 Å². The van der Waals surface area contributed by atoms with Crippen LogP contribution in [0.3, 0.4) is 0 Å². The molecule has 0 unspecified atom stereocenters. The number of ether oxygens (including phenoxy) is 1. The number of hydrogen-bond acceptors (Lipinski definition) is 5. The third kappa shape index (κ3) is 5.59. The van der Waals surface area contributed by atoms with Crippen LogP contribution in [-0.4, -0.2) is 39.1 Å². The fourth-order valence-electron chi connectivity index (χ4n) is 2.44. The number of amides is 1. The second-order valence-electron chi connectivity index (χ2n) is 5.84. The highest BCUT2D eigenvalue weighted by Crippen LogP contribution is 2.33. The molecule has 2 aromatic heterocycles. The molecule has 1 amide bonds. The van der Waals surface area contributed by atoms with Crippen molar-refractivity contribution in [2.24, 2.45) is 5.73 Å². The lowest BCUT2D eigenvalue weighted by atomic mass is 10.1. The summed E-state index contributed by atoms with van der Waals surface area (Å²) in [4.78, 5) is 15.9. The minimum atomic E-state index is -0.776. The first kappa shape index (κ1) is 23.2. The van der Waals surface area contributed by atoms with E-state index in [1.54, 1.807) is 12.3 Å². The Kier molecular flexibility index (Phi) is 8.56. The maximum atomic E-state index is 12.3. The number of nitrogens with two attached hydrogens (primary N) is 1. The monoisotopic (exact) mass is 433 g/mol. The molecular formula is C17H22Cl3N5O2. The van der Waals surface area contributed by atoms with Crippen molar-refractivity contribution < 1.29 is 9.53 Å². The lowest BCUT2D eigenvalue weighted by Gasteiger charge is -2.15. The molecule has 0 aliphatic heterocycles. The number of carbonyl (C=O) groups excluding carboxylic acids is 1. The number of methoxy groups -OCH3 is 1. The number of alkyl halides is 2. The van der Waals surface area contributed by atoms with Crippen LogP contribution in [0.15, 0.2) is 24.4 Å². The Morgan fingerprint density at radius 2 is 2.11 bits per heavy atom. The smallest absolute Gasteiger partial charge is 0.251 e. The van der Waals surface area contributed by atoms with E-state index < -0.39 is 10.9 Å². The first-order valence-electron chi connectivity index (χ1n) is 7.83. The Labute approximate surface area is 174 Å². The average Bonchev–Trinajstić information content (AvgIpc) is 2.93. The quantitative estimate of drug-likeness (QED) is 0.456. The number of H-pyrrole nitrogens is 1. The molecule has 0 fully saturated rings. The van der Waals surface area contributed by atoms with E-state index in [4.69, 9.17) is 33.7 Å². The number of hydrogen-bond donors (Lipinski definition) is 3. The van der Waals surface area contributed by atoms with Crippen molar-refractivity contribution in [2.75, 3.05) is 12.4 Å². The molecule has 0 aromatic carbocycles. The summed E-state index contributed by atoms with van der Waals surface area (Å²) < 4.78 is 5.43. The third-order valence-corrected chi connectivity index (χ3v) is 4.47. The first-order chi connectivity index (χ1) is 12.2. The van der Waals surface area contributed by atoms with Gasteiger partial charge < -0.3 is 15.8 Å². The minimum absolute atomic E-state index is 0. The molecule has 7 nitrogen and oxygen atoms in total. The molecule has 1 atom stereocenters. The van der Waals surface area contributed by atoms with Crippen LogP contribution in [0.4, 0.5) is 5.69 Å². The van der Waals surface area contributed by atoms with Gasteiger partial charge in [-0.05, 0) is 20.3 Å². The number of nitrogens with zero attached hydrogens (tertiary/aromatic N) is 2. The molecule has 0 saturated carbocycles. The van der Waals surface area contributed by atoms with E-state index >= 15 is 0 Å². The summed E-state index contributed by atoms with van der Waals surface area (Å²) in [6.45, 7) is 7.51. The maximum absolute atomic E-state index is 12.3. The van der Waals surface area contributed by atoms with Gasteiger partial charge in [-0.15, -0.1) is 35.6 Å². The van der Waals surface area contributed by atoms with Gasteiger partial charge in [-0.1, -0.05) is 6.58 Å². The van der Waals surface area contributed by atoms with Gasteiger partial charge >= 0.3 is 0 Å². The highest BCUT2D eigenvalue weighted by atomic mass is 35.5. The number of pyridine rings is 1. The molecule has 0 bridgehead atoms. The van der Waals surface area contributed by atoms with E-state index in [1.807, 2.05) is 13.8 Å². The maximum Gasteiger partial charge on any atom is 0.251 e. The highest BCUT2D eigenvalue weighted by molar-refractivity contribution is 6.44. The Hall–Kier alpha value is -1.80. The van der Waals surface area contributed by atoms with Gasteiger partial charge in [0.25, 0.3) is 5.91 Å². The van der Waals surface area contributed by atoms with Gasteiger partial charge in [0, 0.05) is 28.9 Å². The Balaban J connectivity index is 0.00000364. The van der Waals surface area contributed by atoms with Gasteiger partial charge in [-0.25, -0.2) is 0 Å². The van der Waals surface area contributed by atoms with Crippen LogP contribution in [0, 0.1) is 13.8 Å². The standard InChI is InChI=1S/C17H21Cl2N5O2.ClH/c1-8(5-12(20)16(18)19)17(25)22-11-6-13(26-4)15(21-7-11)14-9(2)23-24-10(14)3;/h6-7,12,16H,1,5,20H2,2-4H3,(H,22,25)(H,23,24);1H/t12-;/m0./s1. The summed E-state index contributed by atoms with van der Waals surface area (Å²) in [5.74, 6) is 0.126. The van der Waals surface area contributed by atoms with Crippen molar-refractivity contribution >= 4 is 47.2 Å². The zero-order chi connectivity index (χ0) is 19.4. The van der Waals surface area contributed by atoms with Crippen LogP contribution < -0.4 is 15.8 Å². The summed E-state index contributed by atoms with van der Waals surface area (Å²) in [6.07, 6.45) is 1.72. The number of aromatic nitrogens is 3. The van der Waals surface area contributed by atoms with Crippen LogP contribution in [0.1, 0.15) is 17.8 Å². The molecule has 148 valence electrons. The molecule has 10 heteroatoms. The normalized spacial score (nSPS) is 11.7. The topological polar surface area (TPSA) is 106 Å². The Bertz CT molecular complexity index is 803. The third-order valence-electron chi connectivity index (χ3n) is 3.82. The summed E-state index contributed by atoms with van der Waals surface area (Å²) in [5.41, 5.74) is 9.69. The van der Waals surface area contributed by atoms with E-state index in [1.165, 1.54) is 7.11 Å². The van der Waals surface area contributed by atoms with Crippen molar-refractivity contribution in [3.05, 3.63) is 35.8 Å². The van der Waals surface area contributed by atoms with Crippen molar-refractivity contribution in [2.45, 2.75) is 31.1 Å². The van der Waals surface area contributed by atoms with E-state index in [2.05, 4.69) is 27.1 Å². The predicted octanol–water partition coefficient (Wildman–Crippen LogP) is 3.53. The van der Waals surface area contributed by atoms with Crippen molar-refractivity contribution in [3.8, 4) is 17.0 Å². The number of halogens is 3. The summed E-state index contributed by atoms with van der Waals surface area (Å²) in [5, 5.41) is 9.80. The molecule has 4 N–H and O–H groups in total. The Morgan fingerprint density at radius 1 is 1.44 bits per heavy atom. The van der Waals surface area contributed by atoms with Crippen LogP contribution in [0.25, 0.3) is 11.3 Å². The molecule has 0 aliphatic carbocycles. The molecule has 0 spiro atoms. The van der Waals surface area contributed by atoms with Crippen molar-refractivity contribution in [3.63, 3.8) is 0 Å². The van der Waals surface area contributed by atoms with E-state index in [-0.39, 0.29) is 30.3 Å². The number of aromatic amines is 1. The van der Waals surface area contributed by atoms with Gasteiger partial charge in [0.05, 0.1) is 24.7 Å². The summed E-state index contributed by atoms with van der Waals surface area (Å²) >= 11 is 11.4. The molecule has 0 saturated heterocycles. The van der Waals surface area contributed by atoms with E-state index in [9.17, 15) is 4.79 Å². The molecule has 0 radical (unpaired) electrons. The number of nitrogens with one attached hydrogen (secondary N) is 2. The Morgan fingerprint density at radius 3 is 2.63 bits per heavy atom. The van der Waals surface area contributed by atoms with Gasteiger partial charge in [0.2, 0.25) is 0 Å². The molecule has 2 rings (SSSR count). The molecular weight excluding hydrogens is 413 g/mol. The fourth-order valence-corrected chi connectivity index (χ4v) is 2.62. The lowest BCUT2D eigenvalue weighted by Crippen LogP contribution is -2.30. The lowest BCUT2D eigenvalue weighted by molar-refractivity contribution is -0.113. The molecule has 2 aromatic rings. The SMILES string of the molecule is C=C(C[C@H](N)C(Cl)Cl)C(=O)Nc1cnc(-c2c(C)n[nH]c2C)c(OC)c1.Cl. The van der Waals surface area contributed by atoms with Gasteiger partial charge in [-0.3, -0.25) is 14.9 Å². The van der Waals surface area contributed by atoms with Crippen LogP contribution in [0.2, 0.25) is 0 Å².